The Kier molecular flexibility index (Phi) is 5.08. The molecule has 0 aliphatic rings. The maximum atomic E-state index is 5.97. The molecule has 0 fully saturated rings. The van der Waals surface area contributed by atoms with Crippen LogP contribution in [0.2, 0.25) is 5.02 Å². The fourth-order valence-electron chi connectivity index (χ4n) is 2.04. The minimum absolute atomic E-state index is 0.339. The number of halogens is 1. The van der Waals surface area contributed by atoms with Gasteiger partial charge in [-0.2, -0.15) is 4.98 Å². The third-order valence-corrected chi connectivity index (χ3v) is 3.74. The summed E-state index contributed by atoms with van der Waals surface area (Å²) in [5.74, 6) is 0.935. The first-order valence-electron chi connectivity index (χ1n) is 7.30. The molecule has 0 saturated heterocycles. The van der Waals surface area contributed by atoms with Crippen molar-refractivity contribution in [2.75, 3.05) is 5.32 Å². The number of hydrogen-bond donors (Lipinski definition) is 2. The quantitative estimate of drug-likeness (QED) is 0.682. The highest BCUT2D eigenvalue weighted by atomic mass is 35.5. The Labute approximate surface area is 150 Å². The maximum Gasteiger partial charge on any atom is 0.246 e. The number of aromatic nitrogens is 2. The SMILES string of the molecule is Cc1ccc(NC(=S)NCc2nc(-c3cccc(Cl)c3)no2)cc1. The zero-order valence-electron chi connectivity index (χ0n) is 12.9. The molecule has 0 aliphatic heterocycles. The predicted molar refractivity (Wildman–Crippen MR) is 99.0 cm³/mol. The van der Waals surface area contributed by atoms with Crippen molar-refractivity contribution in [3.8, 4) is 11.4 Å². The van der Waals surface area contributed by atoms with E-state index in [1.807, 2.05) is 43.3 Å². The highest BCUT2D eigenvalue weighted by molar-refractivity contribution is 7.80. The number of anilines is 1. The summed E-state index contributed by atoms with van der Waals surface area (Å²) in [6.07, 6.45) is 0. The normalized spacial score (nSPS) is 10.4. The fourth-order valence-corrected chi connectivity index (χ4v) is 2.42. The molecule has 122 valence electrons. The van der Waals surface area contributed by atoms with E-state index in [0.717, 1.165) is 11.3 Å². The highest BCUT2D eigenvalue weighted by Gasteiger charge is 2.09. The minimum Gasteiger partial charge on any atom is -0.353 e. The molecule has 5 nitrogen and oxygen atoms in total. The van der Waals surface area contributed by atoms with Crippen LogP contribution in [-0.4, -0.2) is 15.3 Å². The van der Waals surface area contributed by atoms with Gasteiger partial charge in [-0.15, -0.1) is 0 Å². The second-order valence-electron chi connectivity index (χ2n) is 5.20. The van der Waals surface area contributed by atoms with Gasteiger partial charge in [0.05, 0.1) is 6.54 Å². The summed E-state index contributed by atoms with van der Waals surface area (Å²) in [5, 5.41) is 11.2. The van der Waals surface area contributed by atoms with Gasteiger partial charge in [-0.3, -0.25) is 0 Å². The fraction of sp³-hybridized carbons (Fsp3) is 0.118. The lowest BCUT2D eigenvalue weighted by molar-refractivity contribution is 0.376. The molecule has 0 saturated carbocycles. The highest BCUT2D eigenvalue weighted by Crippen LogP contribution is 2.19. The first-order valence-corrected chi connectivity index (χ1v) is 8.09. The van der Waals surface area contributed by atoms with Crippen LogP contribution in [0, 0.1) is 6.92 Å². The second-order valence-corrected chi connectivity index (χ2v) is 6.04. The summed E-state index contributed by atoms with van der Waals surface area (Å²) < 4.78 is 5.22. The zero-order valence-corrected chi connectivity index (χ0v) is 14.5. The smallest absolute Gasteiger partial charge is 0.246 e. The monoisotopic (exact) mass is 358 g/mol. The first-order chi connectivity index (χ1) is 11.6. The summed E-state index contributed by atoms with van der Waals surface area (Å²) in [7, 11) is 0. The Balaban J connectivity index is 1.57. The largest absolute Gasteiger partial charge is 0.353 e. The van der Waals surface area contributed by atoms with Gasteiger partial charge in [0.1, 0.15) is 0 Å². The van der Waals surface area contributed by atoms with Gasteiger partial charge in [-0.1, -0.05) is 46.6 Å². The van der Waals surface area contributed by atoms with Crippen molar-refractivity contribution in [2.24, 2.45) is 0 Å². The van der Waals surface area contributed by atoms with Crippen molar-refractivity contribution in [3.05, 3.63) is 65.0 Å². The van der Waals surface area contributed by atoms with Crippen LogP contribution >= 0.6 is 23.8 Å². The van der Waals surface area contributed by atoms with Gasteiger partial charge in [-0.25, -0.2) is 0 Å². The molecule has 0 radical (unpaired) electrons. The van der Waals surface area contributed by atoms with Crippen molar-refractivity contribution in [2.45, 2.75) is 13.5 Å². The number of benzene rings is 2. The number of aryl methyl sites for hydroxylation is 1. The lowest BCUT2D eigenvalue weighted by Crippen LogP contribution is -2.27. The molecular formula is C17H15ClN4OS. The summed E-state index contributed by atoms with van der Waals surface area (Å²) in [5.41, 5.74) is 2.92. The van der Waals surface area contributed by atoms with Crippen LogP contribution < -0.4 is 10.6 Å². The molecule has 24 heavy (non-hydrogen) atoms. The molecular weight excluding hydrogens is 344 g/mol. The Morgan fingerprint density at radius 2 is 2.00 bits per heavy atom. The molecule has 0 spiro atoms. The molecule has 1 aromatic heterocycles. The molecule has 1 heterocycles. The molecule has 0 atom stereocenters. The molecule has 0 bridgehead atoms. The zero-order chi connectivity index (χ0) is 16.9. The van der Waals surface area contributed by atoms with Gasteiger partial charge in [0.25, 0.3) is 0 Å². The number of rotatable bonds is 4. The van der Waals surface area contributed by atoms with E-state index < -0.39 is 0 Å². The molecule has 3 rings (SSSR count). The van der Waals surface area contributed by atoms with Gasteiger partial charge in [0.2, 0.25) is 11.7 Å². The molecule has 2 N–H and O–H groups in total. The average molecular weight is 359 g/mol. The van der Waals surface area contributed by atoms with E-state index in [2.05, 4.69) is 20.8 Å². The number of thiocarbonyl (C=S) groups is 1. The summed E-state index contributed by atoms with van der Waals surface area (Å²) in [4.78, 5) is 4.33. The Morgan fingerprint density at radius 1 is 1.21 bits per heavy atom. The van der Waals surface area contributed by atoms with Crippen molar-refractivity contribution < 1.29 is 4.52 Å². The molecule has 0 unspecified atom stereocenters. The van der Waals surface area contributed by atoms with E-state index in [1.54, 1.807) is 12.1 Å². The lowest BCUT2D eigenvalue weighted by Gasteiger charge is -2.08. The van der Waals surface area contributed by atoms with Gasteiger partial charge >= 0.3 is 0 Å². The van der Waals surface area contributed by atoms with Crippen LogP contribution in [0.5, 0.6) is 0 Å². The van der Waals surface area contributed by atoms with Gasteiger partial charge in [-0.05, 0) is 43.4 Å². The topological polar surface area (TPSA) is 63.0 Å². The molecule has 0 aliphatic carbocycles. The van der Waals surface area contributed by atoms with Crippen LogP contribution in [-0.2, 0) is 6.54 Å². The van der Waals surface area contributed by atoms with E-state index in [9.17, 15) is 0 Å². The second kappa shape index (κ2) is 7.42. The number of hydrogen-bond acceptors (Lipinski definition) is 4. The average Bonchev–Trinajstić information content (AvgIpc) is 3.04. The van der Waals surface area contributed by atoms with E-state index in [4.69, 9.17) is 28.3 Å². The van der Waals surface area contributed by atoms with E-state index in [-0.39, 0.29) is 0 Å². The van der Waals surface area contributed by atoms with Crippen LogP contribution in [0.3, 0.4) is 0 Å². The Morgan fingerprint density at radius 3 is 2.75 bits per heavy atom. The van der Waals surface area contributed by atoms with Gasteiger partial charge in [0, 0.05) is 16.3 Å². The third-order valence-electron chi connectivity index (χ3n) is 3.26. The standard InChI is InChI=1S/C17H15ClN4OS/c1-11-5-7-14(8-6-11)20-17(24)19-10-15-21-16(22-23-15)12-3-2-4-13(18)9-12/h2-9H,10H2,1H3,(H2,19,20,24). The molecule has 3 aromatic rings. The summed E-state index contributed by atoms with van der Waals surface area (Å²) in [6, 6.07) is 15.3. The molecule has 7 heteroatoms. The third kappa shape index (κ3) is 4.31. The van der Waals surface area contributed by atoms with Crippen molar-refractivity contribution in [1.82, 2.24) is 15.5 Å². The van der Waals surface area contributed by atoms with Crippen molar-refractivity contribution in [1.29, 1.82) is 0 Å². The van der Waals surface area contributed by atoms with E-state index in [1.165, 1.54) is 5.56 Å². The summed E-state index contributed by atoms with van der Waals surface area (Å²) >= 11 is 11.2. The van der Waals surface area contributed by atoms with Gasteiger partial charge < -0.3 is 15.2 Å². The van der Waals surface area contributed by atoms with Crippen LogP contribution in [0.15, 0.2) is 53.1 Å². The number of nitrogens with one attached hydrogen (secondary N) is 2. The Bertz CT molecular complexity index is 848. The van der Waals surface area contributed by atoms with Crippen molar-refractivity contribution in [3.63, 3.8) is 0 Å². The van der Waals surface area contributed by atoms with E-state index >= 15 is 0 Å². The number of nitrogens with zero attached hydrogens (tertiary/aromatic N) is 2. The minimum atomic E-state index is 0.339. The van der Waals surface area contributed by atoms with Crippen molar-refractivity contribution >= 4 is 34.6 Å². The van der Waals surface area contributed by atoms with E-state index in [0.29, 0.717) is 28.4 Å². The first kappa shape index (κ1) is 16.4. The summed E-state index contributed by atoms with van der Waals surface area (Å²) in [6.45, 7) is 2.37. The van der Waals surface area contributed by atoms with Crippen LogP contribution in [0.4, 0.5) is 5.69 Å². The lowest BCUT2D eigenvalue weighted by atomic mass is 10.2. The van der Waals surface area contributed by atoms with Gasteiger partial charge in [0.15, 0.2) is 5.11 Å². The molecule has 0 amide bonds. The maximum absolute atomic E-state index is 5.97. The predicted octanol–water partition coefficient (Wildman–Crippen LogP) is 4.19. The Hall–Kier alpha value is -2.44. The van der Waals surface area contributed by atoms with Crippen LogP contribution in [0.25, 0.3) is 11.4 Å². The van der Waals surface area contributed by atoms with Crippen LogP contribution in [0.1, 0.15) is 11.5 Å². The molecule has 2 aromatic carbocycles.